The van der Waals surface area contributed by atoms with E-state index in [0.717, 1.165) is 25.7 Å². The normalized spacial score (nSPS) is 22.8. The SMILES string of the molecule is CC1(O)CCN(C(=O)N(CC(=O)O)C2CCCC2)CC1. The second-order valence-electron chi connectivity index (χ2n) is 6.23. The number of carboxylic acid groups (broad SMARTS) is 1. The molecule has 1 saturated heterocycles. The predicted octanol–water partition coefficient (Wildman–Crippen LogP) is 1.28. The minimum atomic E-state index is -0.964. The lowest BCUT2D eigenvalue weighted by molar-refractivity contribution is -0.138. The largest absolute Gasteiger partial charge is 0.480 e. The van der Waals surface area contributed by atoms with Crippen molar-refractivity contribution in [2.24, 2.45) is 0 Å². The second-order valence-corrected chi connectivity index (χ2v) is 6.23. The van der Waals surface area contributed by atoms with Crippen LogP contribution in [0.4, 0.5) is 4.79 Å². The number of carbonyl (C=O) groups is 2. The molecule has 2 fully saturated rings. The maximum absolute atomic E-state index is 12.5. The summed E-state index contributed by atoms with van der Waals surface area (Å²) >= 11 is 0. The van der Waals surface area contributed by atoms with Crippen molar-refractivity contribution in [1.29, 1.82) is 0 Å². The van der Waals surface area contributed by atoms with Crippen molar-refractivity contribution in [2.75, 3.05) is 19.6 Å². The fraction of sp³-hybridized carbons (Fsp3) is 0.857. The van der Waals surface area contributed by atoms with Gasteiger partial charge in [-0.15, -0.1) is 0 Å². The summed E-state index contributed by atoms with van der Waals surface area (Å²) < 4.78 is 0. The first kappa shape index (κ1) is 15.1. The minimum absolute atomic E-state index is 0.0565. The van der Waals surface area contributed by atoms with Gasteiger partial charge in [0.25, 0.3) is 0 Å². The van der Waals surface area contributed by atoms with E-state index in [4.69, 9.17) is 5.11 Å². The Bertz CT molecular complexity index is 367. The van der Waals surface area contributed by atoms with Crippen LogP contribution >= 0.6 is 0 Å². The standard InChI is InChI=1S/C14H24N2O4/c1-14(20)6-8-15(9-7-14)13(19)16(10-12(17)18)11-4-2-3-5-11/h11,20H,2-10H2,1H3,(H,17,18). The van der Waals surface area contributed by atoms with Crippen molar-refractivity contribution < 1.29 is 19.8 Å². The van der Waals surface area contributed by atoms with E-state index in [1.54, 1.807) is 11.8 Å². The van der Waals surface area contributed by atoms with Crippen LogP contribution in [0.1, 0.15) is 45.4 Å². The molecule has 2 rings (SSSR count). The molecule has 1 aliphatic carbocycles. The molecule has 2 amide bonds. The number of aliphatic carboxylic acids is 1. The highest BCUT2D eigenvalue weighted by atomic mass is 16.4. The molecule has 2 N–H and O–H groups in total. The van der Waals surface area contributed by atoms with E-state index in [2.05, 4.69) is 0 Å². The highest BCUT2D eigenvalue weighted by molar-refractivity contribution is 5.80. The fourth-order valence-electron chi connectivity index (χ4n) is 3.08. The monoisotopic (exact) mass is 284 g/mol. The van der Waals surface area contributed by atoms with Crippen molar-refractivity contribution in [3.05, 3.63) is 0 Å². The lowest BCUT2D eigenvalue weighted by Crippen LogP contribution is -2.53. The average Bonchev–Trinajstić information content (AvgIpc) is 2.88. The van der Waals surface area contributed by atoms with Crippen LogP contribution in [0.5, 0.6) is 0 Å². The number of hydrogen-bond donors (Lipinski definition) is 2. The molecular weight excluding hydrogens is 260 g/mol. The average molecular weight is 284 g/mol. The third kappa shape index (κ3) is 3.62. The first-order valence-corrected chi connectivity index (χ1v) is 7.39. The molecule has 1 heterocycles. The predicted molar refractivity (Wildman–Crippen MR) is 73.4 cm³/mol. The third-order valence-corrected chi connectivity index (χ3v) is 4.43. The molecule has 0 bridgehead atoms. The smallest absolute Gasteiger partial charge is 0.323 e. The van der Waals surface area contributed by atoms with Crippen molar-refractivity contribution in [2.45, 2.75) is 57.1 Å². The molecule has 0 radical (unpaired) electrons. The van der Waals surface area contributed by atoms with Crippen LogP contribution in [0.15, 0.2) is 0 Å². The summed E-state index contributed by atoms with van der Waals surface area (Å²) in [5, 5.41) is 18.9. The van der Waals surface area contributed by atoms with Gasteiger partial charge in [0.2, 0.25) is 0 Å². The van der Waals surface area contributed by atoms with Crippen molar-refractivity contribution in [3.63, 3.8) is 0 Å². The molecule has 0 spiro atoms. The summed E-state index contributed by atoms with van der Waals surface area (Å²) in [4.78, 5) is 26.7. The number of nitrogens with zero attached hydrogens (tertiary/aromatic N) is 2. The van der Waals surface area contributed by atoms with E-state index >= 15 is 0 Å². The Balaban J connectivity index is 2.00. The van der Waals surface area contributed by atoms with E-state index in [1.165, 1.54) is 4.90 Å². The quantitative estimate of drug-likeness (QED) is 0.818. The molecule has 0 aromatic carbocycles. The Hall–Kier alpha value is -1.30. The number of carbonyl (C=O) groups excluding carboxylic acids is 1. The number of aliphatic hydroxyl groups is 1. The van der Waals surface area contributed by atoms with E-state index in [0.29, 0.717) is 25.9 Å². The lowest BCUT2D eigenvalue weighted by atomic mass is 9.94. The highest BCUT2D eigenvalue weighted by Crippen LogP contribution is 2.26. The van der Waals surface area contributed by atoms with Crippen LogP contribution in [-0.4, -0.2) is 63.3 Å². The number of piperidine rings is 1. The van der Waals surface area contributed by atoms with Crippen molar-refractivity contribution in [3.8, 4) is 0 Å². The lowest BCUT2D eigenvalue weighted by Gasteiger charge is -2.39. The summed E-state index contributed by atoms with van der Waals surface area (Å²) in [5.41, 5.74) is -0.707. The number of carboxylic acids is 1. The number of likely N-dealkylation sites (tertiary alicyclic amines) is 1. The summed E-state index contributed by atoms with van der Waals surface area (Å²) in [6.45, 7) is 2.54. The van der Waals surface area contributed by atoms with E-state index in [9.17, 15) is 14.7 Å². The summed E-state index contributed by atoms with van der Waals surface area (Å²) in [6.07, 6.45) is 5.00. The molecule has 114 valence electrons. The van der Waals surface area contributed by atoms with Gasteiger partial charge >= 0.3 is 12.0 Å². The van der Waals surface area contributed by atoms with Crippen LogP contribution in [0, 0.1) is 0 Å². The van der Waals surface area contributed by atoms with Gasteiger partial charge in [-0.25, -0.2) is 4.79 Å². The molecule has 6 heteroatoms. The molecule has 2 aliphatic rings. The van der Waals surface area contributed by atoms with Gasteiger partial charge in [-0.3, -0.25) is 4.79 Å². The van der Waals surface area contributed by atoms with Gasteiger partial charge in [-0.05, 0) is 32.6 Å². The second kappa shape index (κ2) is 5.99. The topological polar surface area (TPSA) is 81.1 Å². The zero-order chi connectivity index (χ0) is 14.8. The van der Waals surface area contributed by atoms with Gasteiger partial charge in [-0.1, -0.05) is 12.8 Å². The molecular formula is C14H24N2O4. The molecule has 0 aromatic heterocycles. The molecule has 1 aliphatic heterocycles. The van der Waals surface area contributed by atoms with Crippen LogP contribution in [0.2, 0.25) is 0 Å². The molecule has 0 unspecified atom stereocenters. The maximum atomic E-state index is 12.5. The molecule has 0 aromatic rings. The molecule has 6 nitrogen and oxygen atoms in total. The molecule has 20 heavy (non-hydrogen) atoms. The van der Waals surface area contributed by atoms with Crippen LogP contribution in [-0.2, 0) is 4.79 Å². The zero-order valence-electron chi connectivity index (χ0n) is 12.0. The van der Waals surface area contributed by atoms with Crippen LogP contribution in [0.3, 0.4) is 0 Å². The first-order chi connectivity index (χ1) is 9.39. The molecule has 0 atom stereocenters. The van der Waals surface area contributed by atoms with Crippen LogP contribution < -0.4 is 0 Å². The van der Waals surface area contributed by atoms with Crippen LogP contribution in [0.25, 0.3) is 0 Å². The Morgan fingerprint density at radius 3 is 2.30 bits per heavy atom. The zero-order valence-corrected chi connectivity index (χ0v) is 12.0. The number of amides is 2. The highest BCUT2D eigenvalue weighted by Gasteiger charge is 2.35. The van der Waals surface area contributed by atoms with Gasteiger partial charge in [0.1, 0.15) is 6.54 Å². The summed E-state index contributed by atoms with van der Waals surface area (Å²) in [7, 11) is 0. The number of rotatable bonds is 3. The van der Waals surface area contributed by atoms with Crippen molar-refractivity contribution in [1.82, 2.24) is 9.80 Å². The Morgan fingerprint density at radius 2 is 1.80 bits per heavy atom. The van der Waals surface area contributed by atoms with Gasteiger partial charge in [0.05, 0.1) is 5.60 Å². The van der Waals surface area contributed by atoms with E-state index < -0.39 is 11.6 Å². The Morgan fingerprint density at radius 1 is 1.25 bits per heavy atom. The number of urea groups is 1. The van der Waals surface area contributed by atoms with E-state index in [1.807, 2.05) is 0 Å². The van der Waals surface area contributed by atoms with Gasteiger partial charge in [0.15, 0.2) is 0 Å². The maximum Gasteiger partial charge on any atom is 0.323 e. The van der Waals surface area contributed by atoms with Gasteiger partial charge in [0, 0.05) is 19.1 Å². The third-order valence-electron chi connectivity index (χ3n) is 4.43. The van der Waals surface area contributed by atoms with Crippen molar-refractivity contribution >= 4 is 12.0 Å². The fourth-order valence-corrected chi connectivity index (χ4v) is 3.08. The number of hydrogen-bond acceptors (Lipinski definition) is 3. The Labute approximate surface area is 119 Å². The van der Waals surface area contributed by atoms with Gasteiger partial charge < -0.3 is 20.0 Å². The van der Waals surface area contributed by atoms with Gasteiger partial charge in [-0.2, -0.15) is 0 Å². The Kier molecular flexibility index (Phi) is 4.52. The first-order valence-electron chi connectivity index (χ1n) is 7.39. The molecule has 1 saturated carbocycles. The minimum Gasteiger partial charge on any atom is -0.480 e. The summed E-state index contributed by atoms with van der Waals surface area (Å²) in [6, 6.07) is -0.129. The summed E-state index contributed by atoms with van der Waals surface area (Å²) in [5.74, 6) is -0.964. The van der Waals surface area contributed by atoms with E-state index in [-0.39, 0.29) is 18.6 Å².